The Balaban J connectivity index is 1.69. The Bertz CT molecular complexity index is 449. The molecule has 1 unspecified atom stereocenters. The molecule has 0 bridgehead atoms. The highest BCUT2D eigenvalue weighted by Gasteiger charge is 2.24. The normalized spacial score (nSPS) is 21.6. The summed E-state index contributed by atoms with van der Waals surface area (Å²) in [4.78, 5) is 2.54. The lowest BCUT2D eigenvalue weighted by atomic mass is 9.84. The molecule has 0 aromatic heterocycles. The highest BCUT2D eigenvalue weighted by Crippen LogP contribution is 2.30. The minimum Gasteiger partial charge on any atom is -0.370 e. The molecule has 2 heteroatoms. The molecule has 0 amide bonds. The molecule has 3 rings (SSSR count). The summed E-state index contributed by atoms with van der Waals surface area (Å²) >= 11 is 0. The van der Waals surface area contributed by atoms with Gasteiger partial charge in [0.1, 0.15) is 0 Å². The standard InChI is InChI=1S/C18H28N2/c1-14-9-10-18-16(12-14)8-5-11-20(18)13-17(19)15-6-3-2-4-7-15/h9-10,12,15,17H,2-8,11,13,19H2,1H3. The summed E-state index contributed by atoms with van der Waals surface area (Å²) in [5.41, 5.74) is 10.9. The average Bonchev–Trinajstić information content (AvgIpc) is 2.48. The van der Waals surface area contributed by atoms with Gasteiger partial charge >= 0.3 is 0 Å². The third-order valence-electron chi connectivity index (χ3n) is 5.14. The van der Waals surface area contributed by atoms with Gasteiger partial charge in [-0.1, -0.05) is 37.0 Å². The molecule has 2 nitrogen and oxygen atoms in total. The average molecular weight is 272 g/mol. The van der Waals surface area contributed by atoms with E-state index in [9.17, 15) is 0 Å². The van der Waals surface area contributed by atoms with Crippen LogP contribution in [0.25, 0.3) is 0 Å². The molecule has 1 aliphatic heterocycles. The Hall–Kier alpha value is -1.02. The van der Waals surface area contributed by atoms with Crippen LogP contribution in [0, 0.1) is 12.8 Å². The molecular formula is C18H28N2. The van der Waals surface area contributed by atoms with E-state index in [-0.39, 0.29) is 0 Å². The lowest BCUT2D eigenvalue weighted by Crippen LogP contribution is -2.44. The van der Waals surface area contributed by atoms with E-state index in [1.54, 1.807) is 0 Å². The Morgan fingerprint density at radius 3 is 2.80 bits per heavy atom. The van der Waals surface area contributed by atoms with Crippen LogP contribution in [0.3, 0.4) is 0 Å². The van der Waals surface area contributed by atoms with Crippen LogP contribution in [0.1, 0.15) is 49.7 Å². The Kier molecular flexibility index (Phi) is 4.30. The summed E-state index contributed by atoms with van der Waals surface area (Å²) in [6, 6.07) is 7.25. The van der Waals surface area contributed by atoms with Crippen LogP contribution < -0.4 is 10.6 Å². The van der Waals surface area contributed by atoms with Crippen molar-refractivity contribution in [2.24, 2.45) is 11.7 Å². The topological polar surface area (TPSA) is 29.3 Å². The second kappa shape index (κ2) is 6.17. The van der Waals surface area contributed by atoms with E-state index < -0.39 is 0 Å². The fourth-order valence-electron chi connectivity index (χ4n) is 3.96. The molecule has 0 spiro atoms. The third-order valence-corrected chi connectivity index (χ3v) is 5.14. The summed E-state index contributed by atoms with van der Waals surface area (Å²) in [7, 11) is 0. The van der Waals surface area contributed by atoms with Gasteiger partial charge in [-0.3, -0.25) is 0 Å². The molecule has 0 radical (unpaired) electrons. The summed E-state index contributed by atoms with van der Waals surface area (Å²) in [5, 5.41) is 0. The molecular weight excluding hydrogens is 244 g/mol. The highest BCUT2D eigenvalue weighted by atomic mass is 15.1. The van der Waals surface area contributed by atoms with Gasteiger partial charge in [0.05, 0.1) is 0 Å². The molecule has 2 aliphatic rings. The van der Waals surface area contributed by atoms with Gasteiger partial charge in [-0.05, 0) is 50.2 Å². The SMILES string of the molecule is Cc1ccc2c(c1)CCCN2CC(N)C1CCCCC1. The molecule has 1 aromatic rings. The number of fused-ring (bicyclic) bond motifs is 1. The predicted octanol–water partition coefficient (Wildman–Crippen LogP) is 3.66. The maximum Gasteiger partial charge on any atom is 0.0399 e. The minimum absolute atomic E-state index is 0.350. The summed E-state index contributed by atoms with van der Waals surface area (Å²) in [6.45, 7) is 4.41. The summed E-state index contributed by atoms with van der Waals surface area (Å²) < 4.78 is 0. The van der Waals surface area contributed by atoms with Gasteiger partial charge in [-0.15, -0.1) is 0 Å². The van der Waals surface area contributed by atoms with Crippen molar-refractivity contribution in [1.82, 2.24) is 0 Å². The van der Waals surface area contributed by atoms with E-state index in [0.29, 0.717) is 6.04 Å². The van der Waals surface area contributed by atoms with Crippen molar-refractivity contribution in [2.75, 3.05) is 18.0 Å². The number of anilines is 1. The van der Waals surface area contributed by atoms with Crippen LogP contribution in [0.5, 0.6) is 0 Å². The molecule has 1 atom stereocenters. The van der Waals surface area contributed by atoms with Crippen LogP contribution in [-0.2, 0) is 6.42 Å². The monoisotopic (exact) mass is 272 g/mol. The number of hydrogen-bond donors (Lipinski definition) is 1. The van der Waals surface area contributed by atoms with Gasteiger partial charge in [-0.2, -0.15) is 0 Å². The number of aryl methyl sites for hydroxylation is 2. The van der Waals surface area contributed by atoms with Gasteiger partial charge in [-0.25, -0.2) is 0 Å². The van der Waals surface area contributed by atoms with E-state index in [2.05, 4.69) is 30.0 Å². The Morgan fingerprint density at radius 2 is 2.00 bits per heavy atom. The van der Waals surface area contributed by atoms with Crippen molar-refractivity contribution in [3.05, 3.63) is 29.3 Å². The molecule has 1 saturated carbocycles. The van der Waals surface area contributed by atoms with Crippen LogP contribution in [0.15, 0.2) is 18.2 Å². The molecule has 110 valence electrons. The first kappa shape index (κ1) is 13.9. The Morgan fingerprint density at radius 1 is 1.20 bits per heavy atom. The van der Waals surface area contributed by atoms with Crippen LogP contribution in [0.4, 0.5) is 5.69 Å². The number of hydrogen-bond acceptors (Lipinski definition) is 2. The second-order valence-electron chi connectivity index (χ2n) is 6.74. The smallest absolute Gasteiger partial charge is 0.0399 e. The number of nitrogens with zero attached hydrogens (tertiary/aromatic N) is 1. The lowest BCUT2D eigenvalue weighted by Gasteiger charge is -2.36. The van der Waals surface area contributed by atoms with Gasteiger partial charge in [0.15, 0.2) is 0 Å². The predicted molar refractivity (Wildman–Crippen MR) is 86.3 cm³/mol. The van der Waals surface area contributed by atoms with E-state index in [1.165, 1.54) is 68.3 Å². The first-order valence-corrected chi connectivity index (χ1v) is 8.34. The second-order valence-corrected chi connectivity index (χ2v) is 6.74. The first-order chi connectivity index (χ1) is 9.74. The summed E-state index contributed by atoms with van der Waals surface area (Å²) in [5.74, 6) is 0.750. The van der Waals surface area contributed by atoms with Gasteiger partial charge in [0.25, 0.3) is 0 Å². The number of benzene rings is 1. The largest absolute Gasteiger partial charge is 0.370 e. The van der Waals surface area contributed by atoms with E-state index >= 15 is 0 Å². The first-order valence-electron chi connectivity index (χ1n) is 8.34. The highest BCUT2D eigenvalue weighted by molar-refractivity contribution is 5.56. The van der Waals surface area contributed by atoms with Crippen molar-refractivity contribution in [2.45, 2.75) is 57.9 Å². The van der Waals surface area contributed by atoms with Crippen molar-refractivity contribution >= 4 is 5.69 Å². The molecule has 1 aromatic carbocycles. The molecule has 20 heavy (non-hydrogen) atoms. The molecule has 1 heterocycles. The van der Waals surface area contributed by atoms with Crippen molar-refractivity contribution in [3.8, 4) is 0 Å². The van der Waals surface area contributed by atoms with Gasteiger partial charge in [0, 0.05) is 24.8 Å². The van der Waals surface area contributed by atoms with Crippen molar-refractivity contribution < 1.29 is 0 Å². The third kappa shape index (κ3) is 3.01. The van der Waals surface area contributed by atoms with Crippen LogP contribution in [-0.4, -0.2) is 19.1 Å². The molecule has 0 saturated heterocycles. The lowest BCUT2D eigenvalue weighted by molar-refractivity contribution is 0.304. The zero-order valence-corrected chi connectivity index (χ0v) is 12.8. The number of nitrogens with two attached hydrogens (primary N) is 1. The zero-order valence-electron chi connectivity index (χ0n) is 12.8. The van der Waals surface area contributed by atoms with Gasteiger partial charge in [0.2, 0.25) is 0 Å². The summed E-state index contributed by atoms with van der Waals surface area (Å²) in [6.07, 6.45) is 9.36. The molecule has 1 aliphatic carbocycles. The quantitative estimate of drug-likeness (QED) is 0.910. The maximum atomic E-state index is 6.52. The van der Waals surface area contributed by atoms with Crippen LogP contribution in [0.2, 0.25) is 0 Å². The zero-order chi connectivity index (χ0) is 13.9. The van der Waals surface area contributed by atoms with Crippen LogP contribution >= 0.6 is 0 Å². The number of rotatable bonds is 3. The van der Waals surface area contributed by atoms with Gasteiger partial charge < -0.3 is 10.6 Å². The van der Waals surface area contributed by atoms with Crippen molar-refractivity contribution in [1.29, 1.82) is 0 Å². The van der Waals surface area contributed by atoms with E-state index in [0.717, 1.165) is 12.5 Å². The molecule has 2 N–H and O–H groups in total. The van der Waals surface area contributed by atoms with E-state index in [4.69, 9.17) is 5.73 Å². The fraction of sp³-hybridized carbons (Fsp3) is 0.667. The van der Waals surface area contributed by atoms with E-state index in [1.807, 2.05) is 0 Å². The Labute approximate surface area is 123 Å². The minimum atomic E-state index is 0.350. The molecule has 1 fully saturated rings. The fourth-order valence-corrected chi connectivity index (χ4v) is 3.96. The van der Waals surface area contributed by atoms with Crippen molar-refractivity contribution in [3.63, 3.8) is 0 Å². The maximum absolute atomic E-state index is 6.52.